The second-order valence-electron chi connectivity index (χ2n) is 7.45. The highest BCUT2D eigenvalue weighted by molar-refractivity contribution is 5.78. The molecular formula is C28H25NO3. The van der Waals surface area contributed by atoms with Crippen LogP contribution in [0.25, 0.3) is 11.1 Å². The Morgan fingerprint density at radius 2 is 1.53 bits per heavy atom. The van der Waals surface area contributed by atoms with E-state index in [2.05, 4.69) is 17.1 Å². The first-order valence-electron chi connectivity index (χ1n) is 10.8. The van der Waals surface area contributed by atoms with Crippen LogP contribution in [-0.4, -0.2) is 10.8 Å². The molecule has 0 bridgehead atoms. The van der Waals surface area contributed by atoms with Crippen LogP contribution in [-0.2, 0) is 11.2 Å². The van der Waals surface area contributed by atoms with Gasteiger partial charge in [0.15, 0.2) is 0 Å². The van der Waals surface area contributed by atoms with Crippen molar-refractivity contribution in [3.05, 3.63) is 103 Å². The van der Waals surface area contributed by atoms with Crippen LogP contribution in [0.2, 0.25) is 0 Å². The van der Waals surface area contributed by atoms with Crippen molar-refractivity contribution in [2.75, 3.05) is 0 Å². The molecule has 0 unspecified atom stereocenters. The molecule has 32 heavy (non-hydrogen) atoms. The number of hydrogen-bond donors (Lipinski definition) is 0. The molecule has 3 aromatic carbocycles. The van der Waals surface area contributed by atoms with Crippen LogP contribution in [0.3, 0.4) is 0 Å². The van der Waals surface area contributed by atoms with Crippen LogP contribution in [0, 0.1) is 0 Å². The van der Waals surface area contributed by atoms with Gasteiger partial charge in [0.1, 0.15) is 28.8 Å². The molecule has 1 aromatic heterocycles. The smallest absolute Gasteiger partial charge is 0.138 e. The normalized spacial score (nSPS) is 10.5. The van der Waals surface area contributed by atoms with E-state index in [9.17, 15) is 4.79 Å². The van der Waals surface area contributed by atoms with Crippen molar-refractivity contribution in [2.24, 2.45) is 0 Å². The van der Waals surface area contributed by atoms with Crippen molar-refractivity contribution in [3.63, 3.8) is 0 Å². The summed E-state index contributed by atoms with van der Waals surface area (Å²) in [6.45, 7) is 1.90. The second-order valence-corrected chi connectivity index (χ2v) is 7.45. The van der Waals surface area contributed by atoms with Gasteiger partial charge in [0.2, 0.25) is 0 Å². The molecule has 0 atom stereocenters. The Hall–Kier alpha value is -3.92. The monoisotopic (exact) mass is 423 g/mol. The maximum Gasteiger partial charge on any atom is 0.138 e. The van der Waals surface area contributed by atoms with Crippen molar-refractivity contribution >= 4 is 5.78 Å². The van der Waals surface area contributed by atoms with Gasteiger partial charge in [-0.1, -0.05) is 49.4 Å². The Morgan fingerprint density at radius 1 is 0.812 bits per heavy atom. The third kappa shape index (κ3) is 5.61. The molecule has 0 spiro atoms. The van der Waals surface area contributed by atoms with Crippen LogP contribution in [0.1, 0.15) is 25.3 Å². The highest BCUT2D eigenvalue weighted by Gasteiger charge is 2.10. The van der Waals surface area contributed by atoms with Crippen molar-refractivity contribution < 1.29 is 14.3 Å². The van der Waals surface area contributed by atoms with Crippen molar-refractivity contribution in [1.82, 2.24) is 4.98 Å². The highest BCUT2D eigenvalue weighted by atomic mass is 16.5. The van der Waals surface area contributed by atoms with Gasteiger partial charge in [0.05, 0.1) is 0 Å². The third-order valence-corrected chi connectivity index (χ3v) is 5.14. The molecule has 0 aliphatic rings. The molecule has 4 nitrogen and oxygen atoms in total. The number of carbonyl (C=O) groups excluding carboxylic acids is 1. The molecule has 0 aliphatic carbocycles. The number of ketones is 1. The Bertz CT molecular complexity index is 1170. The fraction of sp³-hybridized carbons (Fsp3) is 0.143. The lowest BCUT2D eigenvalue weighted by atomic mass is 10.0. The molecule has 0 fully saturated rings. The van der Waals surface area contributed by atoms with E-state index in [1.165, 1.54) is 0 Å². The third-order valence-electron chi connectivity index (χ3n) is 5.14. The Labute approximate surface area is 188 Å². The number of benzene rings is 3. The summed E-state index contributed by atoms with van der Waals surface area (Å²) < 4.78 is 12.0. The number of rotatable bonds is 9. The van der Waals surface area contributed by atoms with Gasteiger partial charge in [-0.2, -0.15) is 0 Å². The van der Waals surface area contributed by atoms with Gasteiger partial charge in [-0.05, 0) is 60.0 Å². The summed E-state index contributed by atoms with van der Waals surface area (Å²) in [5.41, 5.74) is 3.04. The zero-order chi connectivity index (χ0) is 22.2. The van der Waals surface area contributed by atoms with Gasteiger partial charge >= 0.3 is 0 Å². The molecule has 4 heteroatoms. The maximum atomic E-state index is 11.7. The van der Waals surface area contributed by atoms with Gasteiger partial charge in [0, 0.05) is 30.8 Å². The minimum absolute atomic E-state index is 0.278. The minimum Gasteiger partial charge on any atom is -0.457 e. The Balaban J connectivity index is 1.50. The van der Waals surface area contributed by atoms with Gasteiger partial charge in [0.25, 0.3) is 0 Å². The summed E-state index contributed by atoms with van der Waals surface area (Å²) in [6.07, 6.45) is 5.40. The Kier molecular flexibility index (Phi) is 6.93. The fourth-order valence-corrected chi connectivity index (χ4v) is 3.37. The first-order chi connectivity index (χ1) is 15.7. The van der Waals surface area contributed by atoms with E-state index in [1.54, 1.807) is 12.4 Å². The first kappa shape index (κ1) is 21.3. The minimum atomic E-state index is 0.278. The molecule has 160 valence electrons. The zero-order valence-electron chi connectivity index (χ0n) is 18.0. The fourth-order valence-electron chi connectivity index (χ4n) is 3.37. The number of carbonyl (C=O) groups is 1. The number of aromatic nitrogens is 1. The van der Waals surface area contributed by atoms with Crippen LogP contribution in [0.5, 0.6) is 23.0 Å². The number of para-hydroxylation sites is 1. The van der Waals surface area contributed by atoms with Gasteiger partial charge in [-0.25, -0.2) is 0 Å². The van der Waals surface area contributed by atoms with E-state index in [4.69, 9.17) is 9.47 Å². The first-order valence-corrected chi connectivity index (χ1v) is 10.8. The lowest BCUT2D eigenvalue weighted by Gasteiger charge is -2.12. The molecule has 4 aromatic rings. The summed E-state index contributed by atoms with van der Waals surface area (Å²) in [5, 5.41) is 0. The molecule has 0 saturated heterocycles. The lowest BCUT2D eigenvalue weighted by Crippen LogP contribution is -1.98. The van der Waals surface area contributed by atoms with Crippen molar-refractivity contribution in [3.8, 4) is 34.1 Å². The van der Waals surface area contributed by atoms with Crippen LogP contribution in [0.4, 0.5) is 0 Å². The van der Waals surface area contributed by atoms with E-state index in [-0.39, 0.29) is 5.78 Å². The van der Waals surface area contributed by atoms with Crippen LogP contribution >= 0.6 is 0 Å². The molecule has 4 rings (SSSR count). The average Bonchev–Trinajstić information content (AvgIpc) is 2.85. The van der Waals surface area contributed by atoms with E-state index in [0.717, 1.165) is 40.4 Å². The van der Waals surface area contributed by atoms with Crippen molar-refractivity contribution in [1.29, 1.82) is 0 Å². The molecule has 0 N–H and O–H groups in total. The summed E-state index contributed by atoms with van der Waals surface area (Å²) in [4.78, 5) is 16.0. The second kappa shape index (κ2) is 10.4. The van der Waals surface area contributed by atoms with E-state index in [0.29, 0.717) is 18.6 Å². The van der Waals surface area contributed by atoms with Gasteiger partial charge in [-0.15, -0.1) is 0 Å². The molecule has 0 radical (unpaired) electrons. The van der Waals surface area contributed by atoms with Gasteiger partial charge in [-0.3, -0.25) is 9.78 Å². The summed E-state index contributed by atoms with van der Waals surface area (Å²) in [6, 6.07) is 27.3. The summed E-state index contributed by atoms with van der Waals surface area (Å²) >= 11 is 0. The number of hydrogen-bond acceptors (Lipinski definition) is 4. The van der Waals surface area contributed by atoms with Crippen LogP contribution < -0.4 is 9.47 Å². The number of Topliss-reactive ketones (excluding diaryl/α,β-unsaturated/α-hetero) is 1. The molecular weight excluding hydrogens is 398 g/mol. The van der Waals surface area contributed by atoms with E-state index in [1.807, 2.05) is 79.7 Å². The molecule has 1 heterocycles. The summed E-state index contributed by atoms with van der Waals surface area (Å²) in [7, 11) is 0. The van der Waals surface area contributed by atoms with E-state index < -0.39 is 0 Å². The topological polar surface area (TPSA) is 48.4 Å². The summed E-state index contributed by atoms with van der Waals surface area (Å²) in [5.74, 6) is 3.24. The predicted molar refractivity (Wildman–Crippen MR) is 126 cm³/mol. The van der Waals surface area contributed by atoms with Crippen LogP contribution in [0.15, 0.2) is 97.3 Å². The zero-order valence-corrected chi connectivity index (χ0v) is 18.0. The average molecular weight is 424 g/mol. The number of nitrogens with zero attached hydrogens (tertiary/aromatic N) is 1. The lowest BCUT2D eigenvalue weighted by molar-refractivity contribution is -0.118. The number of pyridine rings is 1. The largest absolute Gasteiger partial charge is 0.457 e. The maximum absolute atomic E-state index is 11.7. The van der Waals surface area contributed by atoms with Gasteiger partial charge < -0.3 is 9.47 Å². The standard InChI is InChI=1S/C28H25NO3/c1-2-23(30)12-11-21-7-6-8-22(19-21)27-20-29-18-17-28(27)32-26-15-13-25(14-16-26)31-24-9-4-3-5-10-24/h3-10,13-20H,2,11-12H2,1H3. The number of aryl methyl sites for hydroxylation is 1. The van der Waals surface area contributed by atoms with Crippen molar-refractivity contribution in [2.45, 2.75) is 26.2 Å². The predicted octanol–water partition coefficient (Wildman–Crippen LogP) is 7.24. The molecule has 0 amide bonds. The molecule has 0 saturated carbocycles. The molecule has 0 aliphatic heterocycles. The quantitative estimate of drug-likeness (QED) is 0.285. The SMILES string of the molecule is CCC(=O)CCc1cccc(-c2cnccc2Oc2ccc(Oc3ccccc3)cc2)c1. The Morgan fingerprint density at radius 3 is 2.28 bits per heavy atom. The highest BCUT2D eigenvalue weighted by Crippen LogP contribution is 2.34. The van der Waals surface area contributed by atoms with E-state index >= 15 is 0 Å². The number of ether oxygens (including phenoxy) is 2.